The third-order valence-electron chi connectivity index (χ3n) is 8.81. The Morgan fingerprint density at radius 1 is 0.392 bits per heavy atom. The lowest BCUT2D eigenvalue weighted by atomic mass is 9.75. The monoisotopic (exact) mass is 675 g/mol. The molecule has 0 saturated heterocycles. The van der Waals surface area contributed by atoms with Crippen LogP contribution in [0.3, 0.4) is 0 Å². The Morgan fingerprint density at radius 3 is 0.902 bits per heavy atom. The largest absolute Gasteiger partial charge is 0.426 e. The van der Waals surface area contributed by atoms with Crippen molar-refractivity contribution in [3.8, 4) is 51.0 Å². The summed E-state index contributed by atoms with van der Waals surface area (Å²) >= 11 is 0. The van der Waals surface area contributed by atoms with Crippen molar-refractivity contribution in [3.05, 3.63) is 146 Å². The average molecular weight is 676 g/mol. The van der Waals surface area contributed by atoms with Gasteiger partial charge in [0.15, 0.2) is 0 Å². The van der Waals surface area contributed by atoms with E-state index in [1.54, 1.807) is 55.0 Å². The standard InChI is InChI=1S/C42H33N3O6/c46-40(49-34-16-10-28(11-17-34)37-7-1-4-22-43-37)31-25-32(41(47)50-35-18-12-29(13-19-35)38-8-2-5-23-44-38)27-33(26-31)42(48)51-36-20-14-30(15-21-36)39-9-3-6-24-45-39/h1-24,31-33H,25-27H2. The zero-order valence-corrected chi connectivity index (χ0v) is 27.5. The topological polar surface area (TPSA) is 118 Å². The Labute approximate surface area is 294 Å². The Morgan fingerprint density at radius 2 is 0.667 bits per heavy atom. The molecule has 9 nitrogen and oxygen atoms in total. The van der Waals surface area contributed by atoms with Gasteiger partial charge < -0.3 is 14.2 Å². The number of benzene rings is 3. The van der Waals surface area contributed by atoms with Gasteiger partial charge in [-0.15, -0.1) is 0 Å². The molecule has 0 unspecified atom stereocenters. The fraction of sp³-hybridized carbons (Fsp3) is 0.143. The minimum atomic E-state index is -0.748. The second-order valence-electron chi connectivity index (χ2n) is 12.3. The van der Waals surface area contributed by atoms with Crippen LogP contribution in [-0.4, -0.2) is 32.9 Å². The number of ether oxygens (including phenoxy) is 3. The molecule has 3 aromatic carbocycles. The third kappa shape index (κ3) is 8.22. The van der Waals surface area contributed by atoms with Gasteiger partial charge in [0.1, 0.15) is 17.2 Å². The van der Waals surface area contributed by atoms with Crippen molar-refractivity contribution in [2.24, 2.45) is 17.8 Å². The van der Waals surface area contributed by atoms with Gasteiger partial charge in [0.25, 0.3) is 0 Å². The maximum absolute atomic E-state index is 13.6. The van der Waals surface area contributed by atoms with E-state index in [-0.39, 0.29) is 19.3 Å². The predicted molar refractivity (Wildman–Crippen MR) is 190 cm³/mol. The third-order valence-corrected chi connectivity index (χ3v) is 8.81. The van der Waals surface area contributed by atoms with Crippen LogP contribution < -0.4 is 14.2 Å². The summed E-state index contributed by atoms with van der Waals surface area (Å²) in [5.41, 5.74) is 5.01. The number of carbonyl (C=O) groups is 3. The van der Waals surface area contributed by atoms with Crippen molar-refractivity contribution in [3.63, 3.8) is 0 Å². The molecular formula is C42H33N3O6. The van der Waals surface area contributed by atoms with Gasteiger partial charge >= 0.3 is 17.9 Å². The van der Waals surface area contributed by atoms with Crippen LogP contribution in [0.4, 0.5) is 0 Å². The SMILES string of the molecule is O=C(Oc1ccc(-c2ccccn2)cc1)C1CC(C(=O)Oc2ccc(-c3ccccn3)cc2)CC(C(=O)Oc2ccc(-c3ccccn3)cc2)C1. The van der Waals surface area contributed by atoms with Crippen molar-refractivity contribution in [1.82, 2.24) is 15.0 Å². The Bertz CT molecular complexity index is 1840. The van der Waals surface area contributed by atoms with Crippen molar-refractivity contribution in [1.29, 1.82) is 0 Å². The summed E-state index contributed by atoms with van der Waals surface area (Å²) in [5.74, 6) is -2.79. The van der Waals surface area contributed by atoms with Gasteiger partial charge in [-0.05, 0) is 128 Å². The Hall–Kier alpha value is -6.48. The molecule has 0 atom stereocenters. The fourth-order valence-corrected chi connectivity index (χ4v) is 6.18. The van der Waals surface area contributed by atoms with E-state index in [0.717, 1.165) is 33.8 Å². The Kier molecular flexibility index (Phi) is 9.96. The molecule has 0 aliphatic heterocycles. The minimum absolute atomic E-state index is 0.165. The van der Waals surface area contributed by atoms with Gasteiger partial charge in [-0.25, -0.2) is 0 Å². The van der Waals surface area contributed by atoms with Crippen LogP contribution in [-0.2, 0) is 14.4 Å². The number of carbonyl (C=O) groups excluding carboxylic acids is 3. The molecule has 0 bridgehead atoms. The van der Waals surface area contributed by atoms with E-state index in [0.29, 0.717) is 17.2 Å². The molecule has 1 aliphatic rings. The molecule has 0 amide bonds. The summed E-state index contributed by atoms with van der Waals surface area (Å²) in [6, 6.07) is 38.0. The molecule has 3 aromatic heterocycles. The number of esters is 3. The van der Waals surface area contributed by atoms with Crippen LogP contribution in [0.1, 0.15) is 19.3 Å². The number of nitrogens with zero attached hydrogens (tertiary/aromatic N) is 3. The van der Waals surface area contributed by atoms with Gasteiger partial charge in [0.2, 0.25) is 0 Å². The van der Waals surface area contributed by atoms with E-state index in [2.05, 4.69) is 15.0 Å². The second-order valence-corrected chi connectivity index (χ2v) is 12.3. The van der Waals surface area contributed by atoms with Crippen LogP contribution in [0.2, 0.25) is 0 Å². The van der Waals surface area contributed by atoms with Crippen molar-refractivity contribution in [2.45, 2.75) is 19.3 Å². The summed E-state index contributed by atoms with van der Waals surface area (Å²) in [5, 5.41) is 0. The molecule has 0 spiro atoms. The summed E-state index contributed by atoms with van der Waals surface area (Å²) in [6.07, 6.45) is 5.63. The summed E-state index contributed by atoms with van der Waals surface area (Å²) in [6.45, 7) is 0. The highest BCUT2D eigenvalue weighted by molar-refractivity contribution is 5.83. The van der Waals surface area contributed by atoms with Crippen LogP contribution in [0, 0.1) is 17.8 Å². The highest BCUT2D eigenvalue weighted by Crippen LogP contribution is 2.37. The van der Waals surface area contributed by atoms with E-state index in [1.807, 2.05) is 91.0 Å². The van der Waals surface area contributed by atoms with Gasteiger partial charge in [0, 0.05) is 35.3 Å². The quantitative estimate of drug-likeness (QED) is 0.111. The summed E-state index contributed by atoms with van der Waals surface area (Å²) < 4.78 is 17.3. The highest BCUT2D eigenvalue weighted by atomic mass is 16.5. The molecule has 51 heavy (non-hydrogen) atoms. The summed E-state index contributed by atoms with van der Waals surface area (Å²) in [4.78, 5) is 53.8. The molecule has 0 N–H and O–H groups in total. The molecule has 252 valence electrons. The molecule has 3 heterocycles. The molecular weight excluding hydrogens is 642 g/mol. The van der Waals surface area contributed by atoms with Crippen LogP contribution >= 0.6 is 0 Å². The molecule has 1 saturated carbocycles. The van der Waals surface area contributed by atoms with E-state index in [9.17, 15) is 14.4 Å². The molecule has 1 fully saturated rings. The second kappa shape index (κ2) is 15.4. The van der Waals surface area contributed by atoms with E-state index in [1.165, 1.54) is 0 Å². The lowest BCUT2D eigenvalue weighted by Gasteiger charge is -2.31. The van der Waals surface area contributed by atoms with E-state index in [4.69, 9.17) is 14.2 Å². The lowest BCUT2D eigenvalue weighted by Crippen LogP contribution is -2.39. The number of hydrogen-bond acceptors (Lipinski definition) is 9. The molecule has 9 heteroatoms. The number of rotatable bonds is 9. The van der Waals surface area contributed by atoms with Crippen LogP contribution in [0.5, 0.6) is 17.2 Å². The van der Waals surface area contributed by atoms with Crippen LogP contribution in [0.15, 0.2) is 146 Å². The summed E-state index contributed by atoms with van der Waals surface area (Å²) in [7, 11) is 0. The zero-order valence-electron chi connectivity index (χ0n) is 27.5. The predicted octanol–water partition coefficient (Wildman–Crippen LogP) is 8.02. The van der Waals surface area contributed by atoms with Crippen molar-refractivity contribution >= 4 is 17.9 Å². The minimum Gasteiger partial charge on any atom is -0.426 e. The first-order valence-electron chi connectivity index (χ1n) is 16.7. The van der Waals surface area contributed by atoms with E-state index >= 15 is 0 Å². The first-order chi connectivity index (χ1) is 25.0. The Balaban J connectivity index is 1.06. The molecule has 1 aliphatic carbocycles. The van der Waals surface area contributed by atoms with Gasteiger partial charge in [0.05, 0.1) is 34.8 Å². The molecule has 6 aromatic rings. The zero-order chi connectivity index (χ0) is 35.0. The van der Waals surface area contributed by atoms with Crippen molar-refractivity contribution < 1.29 is 28.6 Å². The van der Waals surface area contributed by atoms with E-state index < -0.39 is 35.7 Å². The maximum Gasteiger partial charge on any atom is 0.314 e. The number of hydrogen-bond donors (Lipinski definition) is 0. The maximum atomic E-state index is 13.6. The van der Waals surface area contributed by atoms with Gasteiger partial charge in [-0.3, -0.25) is 29.3 Å². The highest BCUT2D eigenvalue weighted by Gasteiger charge is 2.41. The van der Waals surface area contributed by atoms with Crippen LogP contribution in [0.25, 0.3) is 33.8 Å². The molecule has 0 radical (unpaired) electrons. The smallest absolute Gasteiger partial charge is 0.314 e. The van der Waals surface area contributed by atoms with Gasteiger partial charge in [-0.1, -0.05) is 18.2 Å². The number of pyridine rings is 3. The fourth-order valence-electron chi connectivity index (χ4n) is 6.18. The number of aromatic nitrogens is 3. The first kappa shape index (κ1) is 33.0. The molecule has 7 rings (SSSR count). The van der Waals surface area contributed by atoms with Crippen molar-refractivity contribution in [2.75, 3.05) is 0 Å². The van der Waals surface area contributed by atoms with Gasteiger partial charge in [-0.2, -0.15) is 0 Å². The average Bonchev–Trinajstić information content (AvgIpc) is 3.19. The lowest BCUT2D eigenvalue weighted by molar-refractivity contribution is -0.150. The first-order valence-corrected chi connectivity index (χ1v) is 16.7. The normalized spacial score (nSPS) is 16.8.